The van der Waals surface area contributed by atoms with Gasteiger partial charge in [-0.1, -0.05) is 0 Å². The van der Waals surface area contributed by atoms with E-state index in [-0.39, 0.29) is 6.10 Å². The van der Waals surface area contributed by atoms with E-state index in [0.717, 1.165) is 18.8 Å². The Morgan fingerprint density at radius 2 is 2.23 bits per heavy atom. The van der Waals surface area contributed by atoms with Crippen LogP contribution < -0.4 is 0 Å². The summed E-state index contributed by atoms with van der Waals surface area (Å²) in [4.78, 5) is 2.46. The fourth-order valence-corrected chi connectivity index (χ4v) is 3.42. The number of aliphatic hydroxyl groups is 1. The van der Waals surface area contributed by atoms with Gasteiger partial charge in [-0.3, -0.25) is 4.90 Å². The van der Waals surface area contributed by atoms with Gasteiger partial charge >= 0.3 is 0 Å². The van der Waals surface area contributed by atoms with Gasteiger partial charge in [-0.2, -0.15) is 0 Å². The molecule has 0 amide bonds. The highest BCUT2D eigenvalue weighted by Gasteiger charge is 3.03. The van der Waals surface area contributed by atoms with E-state index in [0.29, 0.717) is 23.8 Å². The van der Waals surface area contributed by atoms with Crippen LogP contribution in [0.3, 0.4) is 0 Å². The van der Waals surface area contributed by atoms with E-state index in [2.05, 4.69) is 11.9 Å². The molecule has 72 valence electrons. The number of rotatable bonds is 2. The number of ether oxygens (including phenoxy) is 1. The molecule has 1 N–H and O–H groups in total. The van der Waals surface area contributed by atoms with Gasteiger partial charge in [-0.05, 0) is 26.3 Å². The summed E-state index contributed by atoms with van der Waals surface area (Å²) in [5, 5.41) is 9.44. The lowest BCUT2D eigenvalue weighted by Gasteiger charge is -2.25. The number of nitrogens with zero attached hydrogens (tertiary/aromatic N) is 1. The van der Waals surface area contributed by atoms with E-state index in [1.165, 1.54) is 6.42 Å². The molecule has 4 fully saturated rings. The van der Waals surface area contributed by atoms with Gasteiger partial charge in [0, 0.05) is 12.0 Å². The lowest BCUT2D eigenvalue weighted by molar-refractivity contribution is 0.154. The van der Waals surface area contributed by atoms with Crippen LogP contribution in [0.15, 0.2) is 0 Å². The summed E-state index contributed by atoms with van der Waals surface area (Å²) >= 11 is 0. The standard InChI is InChI=1S/C10H15NO2/c1-11(5-2-3-6(12)4-5)8-7-9-10(7,8)13-9/h5-9,12H,2-4H2,1H3. The number of fused-ring (bicyclic) bond motifs is 1. The molecule has 6 unspecified atom stereocenters. The lowest BCUT2D eigenvalue weighted by atomic mass is 10.2. The van der Waals surface area contributed by atoms with Gasteiger partial charge in [0.2, 0.25) is 0 Å². The molecule has 1 spiro atoms. The van der Waals surface area contributed by atoms with E-state index in [9.17, 15) is 5.11 Å². The van der Waals surface area contributed by atoms with Crippen molar-refractivity contribution in [3.05, 3.63) is 0 Å². The monoisotopic (exact) mass is 181 g/mol. The molecule has 6 atom stereocenters. The third kappa shape index (κ3) is 0.661. The molecule has 1 aliphatic heterocycles. The van der Waals surface area contributed by atoms with Crippen LogP contribution in [0.5, 0.6) is 0 Å². The molecule has 1 heterocycles. The highest BCUT2D eigenvalue weighted by molar-refractivity contribution is 5.52. The normalized spacial score (nSPS) is 66.2. The molecule has 13 heavy (non-hydrogen) atoms. The Morgan fingerprint density at radius 1 is 1.46 bits per heavy atom. The van der Waals surface area contributed by atoms with Crippen LogP contribution >= 0.6 is 0 Å². The van der Waals surface area contributed by atoms with Gasteiger partial charge < -0.3 is 9.84 Å². The van der Waals surface area contributed by atoms with Crippen LogP contribution in [-0.4, -0.2) is 46.9 Å². The van der Waals surface area contributed by atoms with E-state index < -0.39 is 0 Å². The highest BCUT2D eigenvalue weighted by Crippen LogP contribution is 2.85. The fourth-order valence-electron chi connectivity index (χ4n) is 3.42. The van der Waals surface area contributed by atoms with E-state index in [4.69, 9.17) is 4.74 Å². The van der Waals surface area contributed by atoms with Crippen LogP contribution in [0.25, 0.3) is 0 Å². The Labute approximate surface area is 77.7 Å². The first-order chi connectivity index (χ1) is 6.25. The second-order valence-electron chi connectivity index (χ2n) is 5.15. The van der Waals surface area contributed by atoms with Crippen molar-refractivity contribution in [1.29, 1.82) is 0 Å². The van der Waals surface area contributed by atoms with Crippen molar-refractivity contribution in [2.45, 2.75) is 49.2 Å². The number of likely N-dealkylation sites (N-methyl/N-ethyl adjacent to an activating group) is 1. The summed E-state index contributed by atoms with van der Waals surface area (Å²) in [6.07, 6.45) is 3.74. The molecule has 1 saturated heterocycles. The largest absolute Gasteiger partial charge is 0.393 e. The summed E-state index contributed by atoms with van der Waals surface area (Å²) in [5.41, 5.74) is 0.363. The van der Waals surface area contributed by atoms with Crippen molar-refractivity contribution in [1.82, 2.24) is 4.90 Å². The molecule has 0 bridgehead atoms. The molecule has 0 radical (unpaired) electrons. The van der Waals surface area contributed by atoms with Crippen molar-refractivity contribution < 1.29 is 9.84 Å². The summed E-state index contributed by atoms with van der Waals surface area (Å²) in [7, 11) is 2.20. The van der Waals surface area contributed by atoms with Gasteiger partial charge in [0.15, 0.2) is 0 Å². The number of hydrogen-bond donors (Lipinski definition) is 1. The molecule has 0 aromatic heterocycles. The third-order valence-electron chi connectivity index (χ3n) is 4.54. The summed E-state index contributed by atoms with van der Waals surface area (Å²) < 4.78 is 5.48. The fraction of sp³-hybridized carbons (Fsp3) is 1.00. The van der Waals surface area contributed by atoms with Gasteiger partial charge in [0.05, 0.1) is 18.2 Å². The molecule has 3 saturated carbocycles. The Hall–Kier alpha value is -0.120. The molecule has 3 aliphatic carbocycles. The molecule has 0 aromatic rings. The van der Waals surface area contributed by atoms with E-state index in [1.807, 2.05) is 0 Å². The minimum absolute atomic E-state index is 0.0454. The van der Waals surface area contributed by atoms with Crippen LogP contribution in [0.1, 0.15) is 19.3 Å². The smallest absolute Gasteiger partial charge is 0.118 e. The summed E-state index contributed by atoms with van der Waals surface area (Å²) in [6, 6.07) is 1.33. The minimum Gasteiger partial charge on any atom is -0.393 e. The zero-order valence-electron chi connectivity index (χ0n) is 7.81. The molecular formula is C10H15NO2. The molecule has 3 heteroatoms. The molecule has 0 aromatic carbocycles. The van der Waals surface area contributed by atoms with Crippen molar-refractivity contribution in [3.63, 3.8) is 0 Å². The SMILES string of the molecule is CN(C1CCC(O)C1)C1C2C3OC321. The summed E-state index contributed by atoms with van der Waals surface area (Å²) in [6.45, 7) is 0. The Bertz CT molecular complexity index is 282. The predicted octanol–water partition coefficient (Wildman–Crippen LogP) is -0.0188. The Balaban J connectivity index is 1.44. The van der Waals surface area contributed by atoms with Crippen molar-refractivity contribution in [3.8, 4) is 0 Å². The van der Waals surface area contributed by atoms with Crippen molar-refractivity contribution in [2.75, 3.05) is 7.05 Å². The number of aliphatic hydroxyl groups excluding tert-OH is 1. The lowest BCUT2D eigenvalue weighted by Crippen LogP contribution is -2.36. The highest BCUT2D eigenvalue weighted by atomic mass is 16.7. The average Bonchev–Trinajstić information content (AvgIpc) is 2.97. The first kappa shape index (κ1) is 7.21. The third-order valence-corrected chi connectivity index (χ3v) is 4.54. The zero-order valence-corrected chi connectivity index (χ0v) is 7.81. The van der Waals surface area contributed by atoms with Crippen LogP contribution in [0.4, 0.5) is 0 Å². The maximum atomic E-state index is 9.44. The van der Waals surface area contributed by atoms with E-state index in [1.54, 1.807) is 0 Å². The average molecular weight is 181 g/mol. The van der Waals surface area contributed by atoms with Crippen LogP contribution in [-0.2, 0) is 4.74 Å². The van der Waals surface area contributed by atoms with Crippen LogP contribution in [0.2, 0.25) is 0 Å². The molecule has 4 aliphatic rings. The molecular weight excluding hydrogens is 166 g/mol. The van der Waals surface area contributed by atoms with E-state index >= 15 is 0 Å². The maximum Gasteiger partial charge on any atom is 0.118 e. The molecule has 3 nitrogen and oxygen atoms in total. The quantitative estimate of drug-likeness (QED) is 0.608. The Morgan fingerprint density at radius 3 is 2.69 bits per heavy atom. The first-order valence-electron chi connectivity index (χ1n) is 5.33. The number of epoxide rings is 1. The molecule has 4 rings (SSSR count). The Kier molecular flexibility index (Phi) is 1.00. The van der Waals surface area contributed by atoms with Crippen LogP contribution in [0, 0.1) is 5.92 Å². The predicted molar refractivity (Wildman–Crippen MR) is 46.3 cm³/mol. The maximum absolute atomic E-state index is 9.44. The zero-order chi connectivity index (χ0) is 8.79. The first-order valence-corrected chi connectivity index (χ1v) is 5.33. The van der Waals surface area contributed by atoms with Gasteiger partial charge in [0.1, 0.15) is 5.60 Å². The van der Waals surface area contributed by atoms with Gasteiger partial charge in [-0.25, -0.2) is 0 Å². The number of hydrogen-bond acceptors (Lipinski definition) is 3. The second kappa shape index (κ2) is 1.81. The summed E-state index contributed by atoms with van der Waals surface area (Å²) in [5.74, 6) is 0.884. The van der Waals surface area contributed by atoms with Crippen molar-refractivity contribution >= 4 is 0 Å². The minimum atomic E-state index is -0.0454. The van der Waals surface area contributed by atoms with Gasteiger partial charge in [0.25, 0.3) is 0 Å². The van der Waals surface area contributed by atoms with Crippen molar-refractivity contribution in [2.24, 2.45) is 5.92 Å². The topological polar surface area (TPSA) is 36.0 Å². The second-order valence-corrected chi connectivity index (χ2v) is 5.15. The van der Waals surface area contributed by atoms with Gasteiger partial charge in [-0.15, -0.1) is 0 Å².